The fraction of sp³-hybridized carbons (Fsp3) is 0.0769. The Balaban J connectivity index is 1.39. The Bertz CT molecular complexity index is 1060. The summed E-state index contributed by atoms with van der Waals surface area (Å²) in [5.74, 6) is 1.52. The Morgan fingerprint density at radius 2 is 1.10 bits per heavy atom. The van der Waals surface area contributed by atoms with Crippen LogP contribution in [0.5, 0.6) is 0 Å². The molecule has 0 N–H and O–H groups in total. The van der Waals surface area contributed by atoms with Crippen molar-refractivity contribution < 1.29 is 4.21 Å². The lowest BCUT2D eigenvalue weighted by Crippen LogP contribution is -1.96. The zero-order valence-corrected chi connectivity index (χ0v) is 17.7. The Kier molecular flexibility index (Phi) is 6.60. The van der Waals surface area contributed by atoms with E-state index in [2.05, 4.69) is 60.7 Å². The second-order valence-corrected chi connectivity index (χ2v) is 9.30. The van der Waals surface area contributed by atoms with E-state index in [-0.39, 0.29) is 0 Å². The quantitative estimate of drug-likeness (QED) is 0.304. The zero-order chi connectivity index (χ0) is 19.9. The summed E-state index contributed by atoms with van der Waals surface area (Å²) in [5, 5.41) is 0. The summed E-state index contributed by atoms with van der Waals surface area (Å²) in [5.41, 5.74) is 4.75. The summed E-state index contributed by atoms with van der Waals surface area (Å²) in [6.45, 7) is 0. The molecule has 1 atom stereocenters. The van der Waals surface area contributed by atoms with Crippen LogP contribution < -0.4 is 0 Å². The Morgan fingerprint density at radius 1 is 0.586 bits per heavy atom. The number of thioether (sulfide) groups is 1. The van der Waals surface area contributed by atoms with Gasteiger partial charge in [-0.2, -0.15) is 0 Å². The van der Waals surface area contributed by atoms with Crippen LogP contribution in [0, 0.1) is 0 Å². The van der Waals surface area contributed by atoms with Crippen LogP contribution >= 0.6 is 11.8 Å². The van der Waals surface area contributed by atoms with Gasteiger partial charge in [-0.1, -0.05) is 84.9 Å². The van der Waals surface area contributed by atoms with Crippen LogP contribution in [0.25, 0.3) is 11.1 Å². The lowest BCUT2D eigenvalue weighted by molar-refractivity contribution is 0.682. The molecule has 0 bridgehead atoms. The highest BCUT2D eigenvalue weighted by atomic mass is 32.2. The van der Waals surface area contributed by atoms with Crippen molar-refractivity contribution in [3.05, 3.63) is 120 Å². The Morgan fingerprint density at radius 3 is 1.69 bits per heavy atom. The average Bonchev–Trinajstić information content (AvgIpc) is 2.79. The van der Waals surface area contributed by atoms with Crippen LogP contribution in [0.15, 0.2) is 119 Å². The normalized spacial score (nSPS) is 11.9. The molecule has 0 saturated heterocycles. The molecule has 0 spiro atoms. The highest BCUT2D eigenvalue weighted by Gasteiger charge is 2.06. The standard InChI is InChI=1S/C26H22OS2/c27-29(20-22-9-5-2-6-10-22)26-17-13-24(14-18-26)23-11-15-25(16-12-23)28-19-21-7-3-1-4-8-21/h1-18H,19-20H2. The van der Waals surface area contributed by atoms with Crippen LogP contribution in [0.2, 0.25) is 0 Å². The van der Waals surface area contributed by atoms with Crippen molar-refractivity contribution in [2.75, 3.05) is 0 Å². The first-order chi connectivity index (χ1) is 14.3. The topological polar surface area (TPSA) is 17.1 Å². The second kappa shape index (κ2) is 9.73. The third-order valence-electron chi connectivity index (χ3n) is 4.69. The number of hydrogen-bond acceptors (Lipinski definition) is 2. The molecule has 0 fully saturated rings. The Labute approximate surface area is 179 Å². The monoisotopic (exact) mass is 414 g/mol. The van der Waals surface area contributed by atoms with E-state index in [1.54, 1.807) is 0 Å². The summed E-state index contributed by atoms with van der Waals surface area (Å²) < 4.78 is 12.6. The summed E-state index contributed by atoms with van der Waals surface area (Å²) in [6, 6.07) is 37.2. The van der Waals surface area contributed by atoms with E-state index in [1.165, 1.54) is 16.0 Å². The van der Waals surface area contributed by atoms with Crippen molar-refractivity contribution in [1.29, 1.82) is 0 Å². The van der Waals surface area contributed by atoms with Gasteiger partial charge in [-0.25, -0.2) is 0 Å². The summed E-state index contributed by atoms with van der Waals surface area (Å²) >= 11 is 1.84. The second-order valence-electron chi connectivity index (χ2n) is 6.80. The third-order valence-corrected chi connectivity index (χ3v) is 7.17. The molecule has 1 unspecified atom stereocenters. The van der Waals surface area contributed by atoms with E-state index in [0.29, 0.717) is 5.75 Å². The van der Waals surface area contributed by atoms with Gasteiger partial charge in [-0.3, -0.25) is 4.21 Å². The highest BCUT2D eigenvalue weighted by Crippen LogP contribution is 2.27. The van der Waals surface area contributed by atoms with Gasteiger partial charge in [0.2, 0.25) is 0 Å². The van der Waals surface area contributed by atoms with Crippen LogP contribution in [-0.2, 0) is 22.3 Å². The van der Waals surface area contributed by atoms with Gasteiger partial charge in [0.15, 0.2) is 0 Å². The molecule has 0 amide bonds. The number of hydrogen-bond donors (Lipinski definition) is 0. The molecule has 0 saturated carbocycles. The van der Waals surface area contributed by atoms with Crippen LogP contribution in [0.3, 0.4) is 0 Å². The number of benzene rings is 4. The molecule has 4 rings (SSSR count). The third kappa shape index (κ3) is 5.47. The Hall–Kier alpha value is -2.62. The molecule has 0 aliphatic carbocycles. The molecule has 0 aliphatic rings. The van der Waals surface area contributed by atoms with Crippen molar-refractivity contribution in [2.45, 2.75) is 21.3 Å². The molecule has 0 aliphatic heterocycles. The first kappa shape index (κ1) is 19.7. The first-order valence-electron chi connectivity index (χ1n) is 9.57. The maximum absolute atomic E-state index is 12.6. The maximum Gasteiger partial charge on any atom is 0.0574 e. The molecular weight excluding hydrogens is 392 g/mol. The van der Waals surface area contributed by atoms with Crippen molar-refractivity contribution in [1.82, 2.24) is 0 Å². The molecule has 0 radical (unpaired) electrons. The fourth-order valence-electron chi connectivity index (χ4n) is 3.09. The van der Waals surface area contributed by atoms with Gasteiger partial charge >= 0.3 is 0 Å². The predicted octanol–water partition coefficient (Wildman–Crippen LogP) is 6.95. The average molecular weight is 415 g/mol. The van der Waals surface area contributed by atoms with E-state index in [4.69, 9.17) is 0 Å². The molecule has 144 valence electrons. The first-order valence-corrected chi connectivity index (χ1v) is 11.9. The lowest BCUT2D eigenvalue weighted by Gasteiger charge is -2.07. The van der Waals surface area contributed by atoms with Gasteiger partial charge in [0.05, 0.1) is 16.6 Å². The molecule has 0 heterocycles. The van der Waals surface area contributed by atoms with Gasteiger partial charge in [-0.05, 0) is 46.5 Å². The van der Waals surface area contributed by atoms with E-state index < -0.39 is 10.8 Å². The maximum atomic E-state index is 12.6. The summed E-state index contributed by atoms with van der Waals surface area (Å²) in [4.78, 5) is 2.13. The van der Waals surface area contributed by atoms with Gasteiger partial charge in [0.25, 0.3) is 0 Å². The minimum Gasteiger partial charge on any atom is -0.254 e. The predicted molar refractivity (Wildman–Crippen MR) is 124 cm³/mol. The van der Waals surface area contributed by atoms with Crippen LogP contribution in [0.1, 0.15) is 11.1 Å². The molecule has 0 aromatic heterocycles. The van der Waals surface area contributed by atoms with Crippen LogP contribution in [0.4, 0.5) is 0 Å². The van der Waals surface area contributed by atoms with Gasteiger partial charge in [0, 0.05) is 15.5 Å². The molecule has 3 heteroatoms. The van der Waals surface area contributed by atoms with E-state index in [1.807, 2.05) is 60.3 Å². The minimum absolute atomic E-state index is 0.549. The molecule has 1 nitrogen and oxygen atoms in total. The van der Waals surface area contributed by atoms with Crippen molar-refractivity contribution in [3.63, 3.8) is 0 Å². The largest absolute Gasteiger partial charge is 0.254 e. The SMILES string of the molecule is O=S(Cc1ccccc1)c1ccc(-c2ccc(SCc3ccccc3)cc2)cc1. The van der Waals surface area contributed by atoms with Crippen molar-refractivity contribution in [2.24, 2.45) is 0 Å². The highest BCUT2D eigenvalue weighted by molar-refractivity contribution is 7.98. The lowest BCUT2D eigenvalue weighted by atomic mass is 10.1. The number of rotatable bonds is 7. The fourth-order valence-corrected chi connectivity index (χ4v) is 5.05. The molecule has 4 aromatic rings. The van der Waals surface area contributed by atoms with Crippen molar-refractivity contribution >= 4 is 22.6 Å². The summed E-state index contributed by atoms with van der Waals surface area (Å²) in [6.07, 6.45) is 0. The minimum atomic E-state index is -1.03. The van der Waals surface area contributed by atoms with Crippen LogP contribution in [-0.4, -0.2) is 4.21 Å². The van der Waals surface area contributed by atoms with Gasteiger partial charge < -0.3 is 0 Å². The van der Waals surface area contributed by atoms with Gasteiger partial charge in [-0.15, -0.1) is 11.8 Å². The summed E-state index contributed by atoms with van der Waals surface area (Å²) in [7, 11) is -1.03. The molecular formula is C26H22OS2. The zero-order valence-electron chi connectivity index (χ0n) is 16.0. The van der Waals surface area contributed by atoms with E-state index in [0.717, 1.165) is 21.8 Å². The molecule has 4 aromatic carbocycles. The smallest absolute Gasteiger partial charge is 0.0574 e. The molecule has 29 heavy (non-hydrogen) atoms. The van der Waals surface area contributed by atoms with E-state index >= 15 is 0 Å². The van der Waals surface area contributed by atoms with Crippen molar-refractivity contribution in [3.8, 4) is 11.1 Å². The van der Waals surface area contributed by atoms with E-state index in [9.17, 15) is 4.21 Å². The van der Waals surface area contributed by atoms with Gasteiger partial charge in [0.1, 0.15) is 0 Å².